The lowest BCUT2D eigenvalue weighted by molar-refractivity contribution is -0.667. The molecular formula is C20H20N3O4+. The number of ketones is 1. The number of hydrogen-bond acceptors (Lipinski definition) is 5. The third kappa shape index (κ3) is 3.08. The van der Waals surface area contributed by atoms with E-state index >= 15 is 0 Å². The Morgan fingerprint density at radius 1 is 1.19 bits per heavy atom. The molecule has 2 N–H and O–H groups in total. The highest BCUT2D eigenvalue weighted by Gasteiger charge is 2.22. The number of nitrogens with zero attached hydrogens (tertiary/aromatic N) is 2. The number of Topliss-reactive ketones (excluding diaryl/α,β-unsaturated/α-hetero) is 1. The Morgan fingerprint density at radius 2 is 1.93 bits per heavy atom. The van der Waals surface area contributed by atoms with Crippen molar-refractivity contribution in [2.75, 3.05) is 19.6 Å². The molecule has 0 amide bonds. The summed E-state index contributed by atoms with van der Waals surface area (Å²) >= 11 is 0. The van der Waals surface area contributed by atoms with Crippen LogP contribution >= 0.6 is 0 Å². The van der Waals surface area contributed by atoms with Crippen molar-refractivity contribution < 1.29 is 23.6 Å². The van der Waals surface area contributed by atoms with Gasteiger partial charge in [0.05, 0.1) is 14.2 Å². The minimum Gasteiger partial charge on any atom is -0.497 e. The van der Waals surface area contributed by atoms with E-state index in [-0.39, 0.29) is 19.1 Å². The molecule has 138 valence electrons. The molecule has 0 fully saturated rings. The molecule has 1 aliphatic rings. The summed E-state index contributed by atoms with van der Waals surface area (Å²) in [6, 6.07) is 12.8. The highest BCUT2D eigenvalue weighted by atomic mass is 16.7. The minimum atomic E-state index is -0.0304. The van der Waals surface area contributed by atoms with Crippen LogP contribution in [-0.2, 0) is 13.6 Å². The van der Waals surface area contributed by atoms with Crippen molar-refractivity contribution in [3.63, 3.8) is 0 Å². The third-order valence-corrected chi connectivity index (χ3v) is 4.67. The second kappa shape index (κ2) is 6.68. The first kappa shape index (κ1) is 17.0. The van der Waals surface area contributed by atoms with E-state index in [0.717, 1.165) is 17.0 Å². The Labute approximate surface area is 156 Å². The van der Waals surface area contributed by atoms with Gasteiger partial charge in [-0.15, -0.1) is 0 Å². The largest absolute Gasteiger partial charge is 0.497 e. The Morgan fingerprint density at radius 3 is 2.67 bits per heavy atom. The van der Waals surface area contributed by atoms with Gasteiger partial charge in [-0.05, 0) is 42.5 Å². The van der Waals surface area contributed by atoms with E-state index in [1.54, 1.807) is 35.9 Å². The van der Waals surface area contributed by atoms with Gasteiger partial charge >= 0.3 is 5.95 Å². The lowest BCUT2D eigenvalue weighted by atomic mass is 10.1. The van der Waals surface area contributed by atoms with Gasteiger partial charge in [-0.2, -0.15) is 0 Å². The van der Waals surface area contributed by atoms with Crippen LogP contribution in [-0.4, -0.2) is 24.3 Å². The number of ether oxygens (including phenoxy) is 3. The van der Waals surface area contributed by atoms with Crippen molar-refractivity contribution in [3.8, 4) is 28.5 Å². The average molecular weight is 366 g/mol. The van der Waals surface area contributed by atoms with Crippen LogP contribution in [0, 0.1) is 0 Å². The van der Waals surface area contributed by atoms with Crippen molar-refractivity contribution in [3.05, 3.63) is 54.2 Å². The summed E-state index contributed by atoms with van der Waals surface area (Å²) in [5.41, 5.74) is 8.65. The molecule has 7 heteroatoms. The average Bonchev–Trinajstić information content (AvgIpc) is 3.27. The molecule has 1 aliphatic heterocycles. The van der Waals surface area contributed by atoms with Crippen molar-refractivity contribution in [2.45, 2.75) is 6.54 Å². The van der Waals surface area contributed by atoms with Crippen LogP contribution < -0.4 is 24.5 Å². The van der Waals surface area contributed by atoms with Crippen LogP contribution in [0.15, 0.2) is 48.7 Å². The first-order valence-corrected chi connectivity index (χ1v) is 8.48. The van der Waals surface area contributed by atoms with E-state index in [2.05, 4.69) is 0 Å². The van der Waals surface area contributed by atoms with Crippen LogP contribution in [0.1, 0.15) is 10.4 Å². The van der Waals surface area contributed by atoms with Gasteiger partial charge in [0.2, 0.25) is 6.79 Å². The number of benzene rings is 2. The summed E-state index contributed by atoms with van der Waals surface area (Å²) in [6.45, 7) is 0.376. The Balaban J connectivity index is 1.61. The number of methoxy groups -OCH3 is 1. The van der Waals surface area contributed by atoms with Gasteiger partial charge in [0.25, 0.3) is 0 Å². The molecule has 2 aromatic carbocycles. The fourth-order valence-corrected chi connectivity index (χ4v) is 3.09. The van der Waals surface area contributed by atoms with Gasteiger partial charge in [-0.1, -0.05) is 0 Å². The molecule has 1 aromatic heterocycles. The van der Waals surface area contributed by atoms with Crippen molar-refractivity contribution >= 4 is 11.7 Å². The molecule has 2 heterocycles. The quantitative estimate of drug-likeness (QED) is 0.553. The number of anilines is 1. The van der Waals surface area contributed by atoms with E-state index in [4.69, 9.17) is 19.9 Å². The molecule has 0 aliphatic carbocycles. The molecule has 4 rings (SSSR count). The topological polar surface area (TPSA) is 79.6 Å². The summed E-state index contributed by atoms with van der Waals surface area (Å²) in [5, 5.41) is 0. The van der Waals surface area contributed by atoms with E-state index in [9.17, 15) is 4.79 Å². The normalized spacial score (nSPS) is 12.2. The zero-order chi connectivity index (χ0) is 19.0. The third-order valence-electron chi connectivity index (χ3n) is 4.67. The van der Waals surface area contributed by atoms with Gasteiger partial charge in [0.1, 0.15) is 24.2 Å². The van der Waals surface area contributed by atoms with Gasteiger partial charge in [0, 0.05) is 11.1 Å². The van der Waals surface area contributed by atoms with Crippen LogP contribution in [0.4, 0.5) is 5.95 Å². The maximum absolute atomic E-state index is 12.6. The lowest BCUT2D eigenvalue weighted by Gasteiger charge is -2.02. The standard InChI is InChI=1S/C20H19N3O4/c1-22-16(14-5-8-18-19(9-14)27-12-26-18)10-23(20(22)21)11-17(24)13-3-6-15(25-2)7-4-13/h3-10,21H,11-12H2,1-2H3/p+1. The van der Waals surface area contributed by atoms with E-state index in [1.165, 1.54) is 0 Å². The number of aromatic nitrogens is 2. The van der Waals surface area contributed by atoms with Crippen molar-refractivity contribution in [1.82, 2.24) is 4.57 Å². The predicted octanol–water partition coefficient (Wildman–Crippen LogP) is 2.18. The molecule has 7 nitrogen and oxygen atoms in total. The summed E-state index contributed by atoms with van der Waals surface area (Å²) < 4.78 is 19.5. The highest BCUT2D eigenvalue weighted by molar-refractivity contribution is 5.95. The van der Waals surface area contributed by atoms with Crippen LogP contribution in [0.3, 0.4) is 0 Å². The molecule has 0 unspecified atom stereocenters. The van der Waals surface area contributed by atoms with E-state index < -0.39 is 0 Å². The zero-order valence-electron chi connectivity index (χ0n) is 15.1. The number of carbonyl (C=O) groups excluding carboxylic acids is 1. The molecule has 0 saturated heterocycles. The second-order valence-corrected chi connectivity index (χ2v) is 6.28. The summed E-state index contributed by atoms with van der Waals surface area (Å²) in [5.74, 6) is 2.60. The number of rotatable bonds is 5. The van der Waals surface area contributed by atoms with Crippen LogP contribution in [0.2, 0.25) is 0 Å². The maximum atomic E-state index is 12.6. The number of nitrogen functional groups attached to an aromatic ring is 1. The summed E-state index contributed by atoms with van der Waals surface area (Å²) in [7, 11) is 3.46. The number of imidazole rings is 1. The number of nitrogens with two attached hydrogens (primary N) is 1. The maximum Gasteiger partial charge on any atom is 0.355 e. The zero-order valence-corrected chi connectivity index (χ0v) is 15.1. The Bertz CT molecular complexity index is 1010. The number of hydrogen-bond donors (Lipinski definition) is 1. The predicted molar refractivity (Wildman–Crippen MR) is 98.9 cm³/mol. The molecule has 27 heavy (non-hydrogen) atoms. The molecule has 0 spiro atoms. The van der Waals surface area contributed by atoms with Gasteiger partial charge in [-0.25, -0.2) is 9.13 Å². The monoisotopic (exact) mass is 366 g/mol. The molecule has 0 atom stereocenters. The number of fused-ring (bicyclic) bond motifs is 1. The summed E-state index contributed by atoms with van der Waals surface area (Å²) in [6.07, 6.45) is 1.87. The molecule has 3 aromatic rings. The molecule has 0 bridgehead atoms. The molecule has 0 saturated carbocycles. The van der Waals surface area contributed by atoms with Crippen LogP contribution in [0.5, 0.6) is 17.2 Å². The fraction of sp³-hybridized carbons (Fsp3) is 0.200. The number of carbonyl (C=O) groups is 1. The van der Waals surface area contributed by atoms with Gasteiger partial charge < -0.3 is 14.2 Å². The van der Waals surface area contributed by atoms with Gasteiger partial charge in [-0.3, -0.25) is 10.5 Å². The molecular weight excluding hydrogens is 346 g/mol. The first-order valence-electron chi connectivity index (χ1n) is 8.48. The van der Waals surface area contributed by atoms with Crippen LogP contribution in [0.25, 0.3) is 11.3 Å². The SMILES string of the molecule is COc1ccc(C(=O)C[n+]2cc(-c3ccc4c(c3)OCO4)n(C)c2N)cc1. The smallest absolute Gasteiger partial charge is 0.355 e. The van der Waals surface area contributed by atoms with E-state index in [1.807, 2.05) is 36.0 Å². The van der Waals surface area contributed by atoms with Crippen molar-refractivity contribution in [1.29, 1.82) is 0 Å². The fourth-order valence-electron chi connectivity index (χ4n) is 3.09. The first-order chi connectivity index (χ1) is 13.1. The molecule has 0 radical (unpaired) electrons. The van der Waals surface area contributed by atoms with Gasteiger partial charge in [0.15, 0.2) is 17.3 Å². The lowest BCUT2D eigenvalue weighted by Crippen LogP contribution is -2.39. The highest BCUT2D eigenvalue weighted by Crippen LogP contribution is 2.35. The van der Waals surface area contributed by atoms with Crippen molar-refractivity contribution in [2.24, 2.45) is 7.05 Å². The summed E-state index contributed by atoms with van der Waals surface area (Å²) in [4.78, 5) is 12.6. The minimum absolute atomic E-state index is 0.0304. The second-order valence-electron chi connectivity index (χ2n) is 6.28. The Hall–Kier alpha value is -3.48. The van der Waals surface area contributed by atoms with E-state index in [0.29, 0.717) is 23.0 Å². The Kier molecular flexibility index (Phi) is 4.19.